The van der Waals surface area contributed by atoms with Gasteiger partial charge in [-0.2, -0.15) is 0 Å². The third-order valence-corrected chi connectivity index (χ3v) is 5.10. The van der Waals surface area contributed by atoms with E-state index in [9.17, 15) is 14.0 Å². The molecule has 0 bridgehead atoms. The van der Waals surface area contributed by atoms with Gasteiger partial charge in [0.25, 0.3) is 5.56 Å². The third-order valence-electron chi connectivity index (χ3n) is 5.10. The highest BCUT2D eigenvalue weighted by Crippen LogP contribution is 2.38. The fraction of sp³-hybridized carbons (Fsp3) is 0.542. The number of rotatable bonds is 6. The van der Waals surface area contributed by atoms with Gasteiger partial charge in [0.05, 0.1) is 37.4 Å². The highest BCUT2D eigenvalue weighted by Gasteiger charge is 2.50. The van der Waals surface area contributed by atoms with Gasteiger partial charge >= 0.3 is 5.97 Å². The largest absolute Gasteiger partial charge is 0.466 e. The molecule has 0 atom stereocenters. The van der Waals surface area contributed by atoms with Gasteiger partial charge < -0.3 is 14.4 Å². The van der Waals surface area contributed by atoms with Gasteiger partial charge in [-0.15, -0.1) is 0 Å². The number of carbonyl (C=O) groups is 1. The smallest absolute Gasteiger partial charge is 0.306 e. The molecule has 32 heavy (non-hydrogen) atoms. The van der Waals surface area contributed by atoms with E-state index >= 15 is 0 Å². The Balaban J connectivity index is 0.000000860. The number of benzene rings is 1. The number of aromatic nitrogens is 2. The quantitative estimate of drug-likeness (QED) is 0.628. The highest BCUT2D eigenvalue weighted by molar-refractivity contribution is 5.69. The van der Waals surface area contributed by atoms with E-state index in [1.807, 2.05) is 32.6 Å². The maximum absolute atomic E-state index is 13.3. The Kier molecular flexibility index (Phi) is 9.38. The first-order valence-electron chi connectivity index (χ1n) is 11.4. The van der Waals surface area contributed by atoms with Crippen molar-refractivity contribution in [2.45, 2.75) is 47.5 Å². The number of anilines is 1. The lowest BCUT2D eigenvalue weighted by Gasteiger charge is -2.55. The molecule has 2 saturated heterocycles. The Labute approximate surface area is 189 Å². The molecule has 1 aromatic carbocycles. The topological polar surface area (TPSA) is 73.7 Å². The molecule has 1 spiro atoms. The Bertz CT molecular complexity index is 931. The monoisotopic (exact) mass is 447 g/mol. The lowest BCUT2D eigenvalue weighted by Crippen LogP contribution is -2.67. The zero-order valence-electron chi connectivity index (χ0n) is 19.7. The lowest BCUT2D eigenvalue weighted by atomic mass is 9.78. The molecule has 0 radical (unpaired) electrons. The SMILES string of the molecule is CC.CC.CCOC(=O)CCc1cn(-c2ccc(F)cc2)c(=O)c(N2CC3(COC3)C2)n1. The first-order chi connectivity index (χ1) is 15.5. The van der Waals surface area contributed by atoms with Crippen molar-refractivity contribution in [3.63, 3.8) is 0 Å². The van der Waals surface area contributed by atoms with Gasteiger partial charge in [0.15, 0.2) is 5.82 Å². The summed E-state index contributed by atoms with van der Waals surface area (Å²) in [5.74, 6) is -0.327. The van der Waals surface area contributed by atoms with Crippen LogP contribution in [0.2, 0.25) is 0 Å². The van der Waals surface area contributed by atoms with E-state index in [1.54, 1.807) is 25.3 Å². The normalized spacial score (nSPS) is 15.4. The Hall–Kier alpha value is -2.74. The Morgan fingerprint density at radius 3 is 2.31 bits per heavy atom. The van der Waals surface area contributed by atoms with Crippen LogP contribution in [0.5, 0.6) is 0 Å². The van der Waals surface area contributed by atoms with Gasteiger partial charge in [-0.3, -0.25) is 14.2 Å². The first-order valence-corrected chi connectivity index (χ1v) is 11.4. The zero-order chi connectivity index (χ0) is 23.7. The average Bonchev–Trinajstić information content (AvgIpc) is 2.75. The molecular formula is C24H34FN3O4. The molecule has 1 aromatic heterocycles. The van der Waals surface area contributed by atoms with Crippen molar-refractivity contribution in [3.05, 3.63) is 52.3 Å². The second-order valence-corrected chi connectivity index (χ2v) is 7.36. The van der Waals surface area contributed by atoms with Crippen LogP contribution in [0.25, 0.3) is 5.69 Å². The van der Waals surface area contributed by atoms with E-state index in [-0.39, 0.29) is 29.2 Å². The van der Waals surface area contributed by atoms with Crippen molar-refractivity contribution >= 4 is 11.8 Å². The maximum atomic E-state index is 13.3. The van der Waals surface area contributed by atoms with Crippen LogP contribution in [0, 0.1) is 11.2 Å². The minimum absolute atomic E-state index is 0.135. The van der Waals surface area contributed by atoms with E-state index in [2.05, 4.69) is 4.98 Å². The average molecular weight is 448 g/mol. The molecule has 0 saturated carbocycles. The minimum atomic E-state index is -0.372. The van der Waals surface area contributed by atoms with Crippen molar-refractivity contribution in [2.24, 2.45) is 5.41 Å². The molecule has 2 aromatic rings. The molecule has 0 N–H and O–H groups in total. The summed E-state index contributed by atoms with van der Waals surface area (Å²) >= 11 is 0. The number of nitrogens with zero attached hydrogens (tertiary/aromatic N) is 3. The van der Waals surface area contributed by atoms with Crippen molar-refractivity contribution in [2.75, 3.05) is 37.8 Å². The lowest BCUT2D eigenvalue weighted by molar-refractivity contribution is -0.143. The predicted octanol–water partition coefficient (Wildman–Crippen LogP) is 3.76. The molecule has 2 fully saturated rings. The molecule has 3 heterocycles. The van der Waals surface area contributed by atoms with E-state index in [4.69, 9.17) is 9.47 Å². The Morgan fingerprint density at radius 1 is 1.16 bits per heavy atom. The van der Waals surface area contributed by atoms with Crippen molar-refractivity contribution in [1.82, 2.24) is 9.55 Å². The summed E-state index contributed by atoms with van der Waals surface area (Å²) in [4.78, 5) is 31.2. The highest BCUT2D eigenvalue weighted by atomic mass is 19.1. The molecule has 8 heteroatoms. The fourth-order valence-electron chi connectivity index (χ4n) is 3.60. The van der Waals surface area contributed by atoms with Gasteiger partial charge in [-0.1, -0.05) is 27.7 Å². The van der Waals surface area contributed by atoms with E-state index in [0.717, 1.165) is 13.1 Å². The summed E-state index contributed by atoms with van der Waals surface area (Å²) < 4.78 is 25.0. The molecule has 7 nitrogen and oxygen atoms in total. The number of hydrogen-bond donors (Lipinski definition) is 0. The summed E-state index contributed by atoms with van der Waals surface area (Å²) in [7, 11) is 0. The number of ether oxygens (including phenoxy) is 2. The van der Waals surface area contributed by atoms with Crippen LogP contribution in [-0.4, -0.2) is 48.4 Å². The summed E-state index contributed by atoms with van der Waals surface area (Å²) in [6.45, 7) is 12.9. The van der Waals surface area contributed by atoms with Crippen LogP contribution in [0.1, 0.15) is 46.7 Å². The van der Waals surface area contributed by atoms with Crippen LogP contribution in [0.4, 0.5) is 10.2 Å². The number of hydrogen-bond acceptors (Lipinski definition) is 6. The molecule has 0 amide bonds. The minimum Gasteiger partial charge on any atom is -0.466 e. The summed E-state index contributed by atoms with van der Waals surface area (Å²) in [6, 6.07) is 5.72. The van der Waals surface area contributed by atoms with E-state index in [0.29, 0.717) is 43.4 Å². The molecule has 4 rings (SSSR count). The third kappa shape index (κ3) is 5.73. The summed E-state index contributed by atoms with van der Waals surface area (Å²) in [5.41, 5.74) is 1.03. The van der Waals surface area contributed by atoms with Crippen molar-refractivity contribution in [3.8, 4) is 5.69 Å². The van der Waals surface area contributed by atoms with Gasteiger partial charge in [-0.05, 0) is 31.2 Å². The van der Waals surface area contributed by atoms with Gasteiger partial charge in [0.2, 0.25) is 0 Å². The van der Waals surface area contributed by atoms with Gasteiger partial charge in [0.1, 0.15) is 5.82 Å². The van der Waals surface area contributed by atoms with Crippen LogP contribution in [0.15, 0.2) is 35.3 Å². The van der Waals surface area contributed by atoms with Crippen molar-refractivity contribution in [1.29, 1.82) is 0 Å². The van der Waals surface area contributed by atoms with Crippen molar-refractivity contribution < 1.29 is 18.7 Å². The zero-order valence-corrected chi connectivity index (χ0v) is 19.7. The predicted molar refractivity (Wildman–Crippen MR) is 123 cm³/mol. The van der Waals surface area contributed by atoms with E-state index < -0.39 is 0 Å². The molecular weight excluding hydrogens is 413 g/mol. The Morgan fingerprint density at radius 2 is 1.78 bits per heavy atom. The second kappa shape index (κ2) is 11.8. The molecule has 176 valence electrons. The van der Waals surface area contributed by atoms with Crippen LogP contribution in [-0.2, 0) is 20.7 Å². The van der Waals surface area contributed by atoms with Gasteiger partial charge in [0, 0.05) is 31.4 Å². The van der Waals surface area contributed by atoms with E-state index in [1.165, 1.54) is 16.7 Å². The molecule has 2 aliphatic rings. The first kappa shape index (κ1) is 25.5. The number of aryl methyl sites for hydroxylation is 1. The molecule has 2 aliphatic heterocycles. The standard InChI is InChI=1S/C20H22FN3O4.2C2H6/c1-2-28-17(25)8-5-15-9-24(16-6-3-14(21)4-7-16)19(26)18(22-15)23-10-20(11-23)12-27-13-20;2*1-2/h3-4,6-7,9H,2,5,8,10-13H2,1H3;2*1-2H3. The fourth-order valence-corrected chi connectivity index (χ4v) is 3.60. The van der Waals surface area contributed by atoms with Crippen LogP contribution >= 0.6 is 0 Å². The second-order valence-electron chi connectivity index (χ2n) is 7.36. The number of halogens is 1. The maximum Gasteiger partial charge on any atom is 0.306 e. The summed E-state index contributed by atoms with van der Waals surface area (Å²) in [5, 5.41) is 0. The number of carbonyl (C=O) groups excluding carboxylic acids is 1. The molecule has 0 aliphatic carbocycles. The van der Waals surface area contributed by atoms with Crippen LogP contribution < -0.4 is 10.5 Å². The summed E-state index contributed by atoms with van der Waals surface area (Å²) in [6.07, 6.45) is 2.15. The van der Waals surface area contributed by atoms with Crippen LogP contribution in [0.3, 0.4) is 0 Å². The molecule has 0 unspecified atom stereocenters. The number of esters is 1. The van der Waals surface area contributed by atoms with Gasteiger partial charge in [-0.25, -0.2) is 9.37 Å².